The summed E-state index contributed by atoms with van der Waals surface area (Å²) >= 11 is 0. The number of hydrogen-bond donors (Lipinski definition) is 3. The molecule has 0 aliphatic heterocycles. The highest BCUT2D eigenvalue weighted by Crippen LogP contribution is 2.35. The predicted molar refractivity (Wildman–Crippen MR) is 112 cm³/mol. The number of rotatable bonds is 4. The van der Waals surface area contributed by atoms with Gasteiger partial charge in [-0.15, -0.1) is 5.11 Å². The minimum absolute atomic E-state index is 0.0250. The smallest absolute Gasteiger partial charge is 0.150 e. The summed E-state index contributed by atoms with van der Waals surface area (Å²) < 4.78 is 5.55. The standard InChI is InChI=1S/C21H19N5O2/c1-2-28-13-7-9-17-15(11-13)20(23)14-8-6-12(10-18(14)24-17)25-26-21-16(22)4-3-5-19(21)27/h3-11,27H,2,22H2,1H3,(H2,23,24). The summed E-state index contributed by atoms with van der Waals surface area (Å²) in [5.74, 6) is 0.733. The zero-order chi connectivity index (χ0) is 19.7. The molecule has 0 unspecified atom stereocenters. The summed E-state index contributed by atoms with van der Waals surface area (Å²) in [7, 11) is 0. The van der Waals surface area contributed by atoms with Crippen LogP contribution in [0.2, 0.25) is 0 Å². The average Bonchev–Trinajstić information content (AvgIpc) is 2.68. The fraction of sp³-hybridized carbons (Fsp3) is 0.0952. The van der Waals surface area contributed by atoms with Crippen LogP contribution < -0.4 is 16.2 Å². The summed E-state index contributed by atoms with van der Waals surface area (Å²) in [6.45, 7) is 2.52. The minimum Gasteiger partial charge on any atom is -0.506 e. The number of fused-ring (bicyclic) bond motifs is 2. The lowest BCUT2D eigenvalue weighted by atomic mass is 10.1. The van der Waals surface area contributed by atoms with Crippen molar-refractivity contribution in [2.75, 3.05) is 18.1 Å². The first-order chi connectivity index (χ1) is 13.6. The van der Waals surface area contributed by atoms with E-state index < -0.39 is 0 Å². The lowest BCUT2D eigenvalue weighted by Crippen LogP contribution is -1.95. The number of hydrogen-bond acceptors (Lipinski definition) is 7. The molecule has 1 aromatic heterocycles. The molecule has 1 heterocycles. The van der Waals surface area contributed by atoms with E-state index in [4.69, 9.17) is 16.2 Å². The minimum atomic E-state index is -0.0250. The number of benzene rings is 3. The number of nitrogen functional groups attached to an aromatic ring is 2. The second-order valence-corrected chi connectivity index (χ2v) is 6.25. The Morgan fingerprint density at radius 2 is 1.82 bits per heavy atom. The molecule has 140 valence electrons. The molecule has 7 heteroatoms. The molecule has 4 rings (SSSR count). The molecule has 0 atom stereocenters. The van der Waals surface area contributed by atoms with E-state index in [2.05, 4.69) is 15.2 Å². The summed E-state index contributed by atoms with van der Waals surface area (Å²) in [5, 5.41) is 19.8. The highest BCUT2D eigenvalue weighted by molar-refractivity contribution is 6.07. The van der Waals surface area contributed by atoms with Crippen molar-refractivity contribution in [1.82, 2.24) is 4.98 Å². The second-order valence-electron chi connectivity index (χ2n) is 6.25. The Balaban J connectivity index is 1.78. The Kier molecular flexibility index (Phi) is 4.41. The molecule has 0 amide bonds. The van der Waals surface area contributed by atoms with Crippen molar-refractivity contribution in [2.45, 2.75) is 6.92 Å². The third kappa shape index (κ3) is 3.14. The first-order valence-corrected chi connectivity index (χ1v) is 8.82. The molecular weight excluding hydrogens is 354 g/mol. The molecule has 0 saturated carbocycles. The molecule has 0 aliphatic carbocycles. The van der Waals surface area contributed by atoms with Crippen molar-refractivity contribution < 1.29 is 9.84 Å². The van der Waals surface area contributed by atoms with Crippen LogP contribution in [0.25, 0.3) is 21.8 Å². The maximum atomic E-state index is 9.88. The van der Waals surface area contributed by atoms with E-state index >= 15 is 0 Å². The van der Waals surface area contributed by atoms with Crippen molar-refractivity contribution in [3.05, 3.63) is 54.6 Å². The van der Waals surface area contributed by atoms with E-state index in [1.165, 1.54) is 6.07 Å². The third-order valence-electron chi connectivity index (χ3n) is 4.39. The summed E-state index contributed by atoms with van der Waals surface area (Å²) in [4.78, 5) is 4.68. The fourth-order valence-corrected chi connectivity index (χ4v) is 3.03. The lowest BCUT2D eigenvalue weighted by molar-refractivity contribution is 0.341. The van der Waals surface area contributed by atoms with Crippen molar-refractivity contribution in [3.8, 4) is 11.5 Å². The van der Waals surface area contributed by atoms with Gasteiger partial charge in [0.1, 0.15) is 11.5 Å². The van der Waals surface area contributed by atoms with E-state index in [1.807, 2.05) is 31.2 Å². The van der Waals surface area contributed by atoms with Crippen LogP contribution in [-0.2, 0) is 0 Å². The molecule has 5 N–H and O–H groups in total. The number of anilines is 2. The zero-order valence-electron chi connectivity index (χ0n) is 15.3. The normalized spacial score (nSPS) is 11.5. The Morgan fingerprint density at radius 3 is 2.61 bits per heavy atom. The van der Waals surface area contributed by atoms with Crippen LogP contribution in [0.15, 0.2) is 64.8 Å². The first-order valence-electron chi connectivity index (χ1n) is 8.82. The predicted octanol–water partition coefficient (Wildman–Crippen LogP) is 5.07. The van der Waals surface area contributed by atoms with Crippen LogP contribution in [0.5, 0.6) is 11.5 Å². The quantitative estimate of drug-likeness (QED) is 0.262. The van der Waals surface area contributed by atoms with E-state index in [-0.39, 0.29) is 11.4 Å². The van der Waals surface area contributed by atoms with E-state index in [0.29, 0.717) is 29.2 Å². The van der Waals surface area contributed by atoms with Gasteiger partial charge in [0.2, 0.25) is 0 Å². The van der Waals surface area contributed by atoms with Gasteiger partial charge in [0.25, 0.3) is 0 Å². The molecule has 3 aromatic carbocycles. The lowest BCUT2D eigenvalue weighted by Gasteiger charge is -2.09. The van der Waals surface area contributed by atoms with Crippen molar-refractivity contribution in [2.24, 2.45) is 10.2 Å². The maximum absolute atomic E-state index is 9.88. The maximum Gasteiger partial charge on any atom is 0.150 e. The number of aromatic nitrogens is 1. The molecule has 0 saturated heterocycles. The molecule has 0 radical (unpaired) electrons. The van der Waals surface area contributed by atoms with Crippen LogP contribution >= 0.6 is 0 Å². The van der Waals surface area contributed by atoms with Gasteiger partial charge in [-0.1, -0.05) is 6.07 Å². The topological polar surface area (TPSA) is 119 Å². The van der Waals surface area contributed by atoms with E-state index in [0.717, 1.165) is 22.0 Å². The molecule has 0 aliphatic rings. The first kappa shape index (κ1) is 17.5. The zero-order valence-corrected chi connectivity index (χ0v) is 15.3. The van der Waals surface area contributed by atoms with Gasteiger partial charge in [-0.05, 0) is 55.5 Å². The number of nitrogens with two attached hydrogens (primary N) is 2. The van der Waals surface area contributed by atoms with Gasteiger partial charge >= 0.3 is 0 Å². The molecule has 0 spiro atoms. The van der Waals surface area contributed by atoms with E-state index in [9.17, 15) is 5.11 Å². The number of nitrogens with zero attached hydrogens (tertiary/aromatic N) is 3. The van der Waals surface area contributed by atoms with Gasteiger partial charge < -0.3 is 21.3 Å². The molecule has 4 aromatic rings. The summed E-state index contributed by atoms with van der Waals surface area (Å²) in [6.07, 6.45) is 0. The molecule has 0 bridgehead atoms. The second kappa shape index (κ2) is 7.03. The Labute approximate surface area is 161 Å². The van der Waals surface area contributed by atoms with Crippen LogP contribution in [-0.4, -0.2) is 16.7 Å². The van der Waals surface area contributed by atoms with Crippen LogP contribution in [0, 0.1) is 0 Å². The highest BCUT2D eigenvalue weighted by Gasteiger charge is 2.09. The monoisotopic (exact) mass is 373 g/mol. The van der Waals surface area contributed by atoms with E-state index in [1.54, 1.807) is 24.3 Å². The average molecular weight is 373 g/mol. The van der Waals surface area contributed by atoms with Gasteiger partial charge in [0, 0.05) is 10.8 Å². The Morgan fingerprint density at radius 1 is 0.964 bits per heavy atom. The van der Waals surface area contributed by atoms with Crippen molar-refractivity contribution in [1.29, 1.82) is 0 Å². The van der Waals surface area contributed by atoms with Crippen molar-refractivity contribution >= 4 is 44.6 Å². The number of ether oxygens (including phenoxy) is 1. The molecular formula is C21H19N5O2. The van der Waals surface area contributed by atoms with Gasteiger partial charge in [0.05, 0.1) is 34.7 Å². The fourth-order valence-electron chi connectivity index (χ4n) is 3.03. The van der Waals surface area contributed by atoms with Crippen LogP contribution in [0.3, 0.4) is 0 Å². The Bertz CT molecular complexity index is 1200. The number of phenolic OH excluding ortho intramolecular Hbond substituents is 1. The summed E-state index contributed by atoms with van der Waals surface area (Å²) in [5.41, 5.74) is 15.5. The number of phenols is 1. The number of aromatic hydroxyl groups is 1. The SMILES string of the molecule is CCOc1ccc2nc3cc(N=Nc4c(N)cccc4O)ccc3c(N)c2c1. The van der Waals surface area contributed by atoms with Gasteiger partial charge in [-0.2, -0.15) is 5.11 Å². The van der Waals surface area contributed by atoms with Crippen molar-refractivity contribution in [3.63, 3.8) is 0 Å². The molecule has 7 nitrogen and oxygen atoms in total. The van der Waals surface area contributed by atoms with Gasteiger partial charge in [-0.25, -0.2) is 4.98 Å². The molecule has 28 heavy (non-hydrogen) atoms. The summed E-state index contributed by atoms with van der Waals surface area (Å²) in [6, 6.07) is 15.9. The largest absolute Gasteiger partial charge is 0.506 e. The Hall–Kier alpha value is -3.87. The third-order valence-corrected chi connectivity index (χ3v) is 4.39. The number of pyridine rings is 1. The van der Waals surface area contributed by atoms with Gasteiger partial charge in [-0.3, -0.25) is 0 Å². The highest BCUT2D eigenvalue weighted by atomic mass is 16.5. The number of azo groups is 1. The van der Waals surface area contributed by atoms with Crippen LogP contribution in [0.1, 0.15) is 6.92 Å². The van der Waals surface area contributed by atoms with Gasteiger partial charge in [0.15, 0.2) is 5.69 Å². The molecule has 0 fully saturated rings. The van der Waals surface area contributed by atoms with Crippen LogP contribution in [0.4, 0.5) is 22.7 Å².